The molecule has 0 amide bonds. The number of hydrazine groups is 1. The number of aryl methyl sites for hydroxylation is 1. The highest BCUT2D eigenvalue weighted by Crippen LogP contribution is 2.33. The van der Waals surface area contributed by atoms with Crippen LogP contribution >= 0.6 is 11.3 Å². The number of nitrogens with zero attached hydrogens (tertiary/aromatic N) is 1. The zero-order valence-corrected chi connectivity index (χ0v) is 19.7. The first-order valence-corrected chi connectivity index (χ1v) is 13.2. The molecule has 9 heteroatoms. The van der Waals surface area contributed by atoms with Gasteiger partial charge in [-0.3, -0.25) is 10.3 Å². The van der Waals surface area contributed by atoms with Gasteiger partial charge >= 0.3 is 0 Å². The van der Waals surface area contributed by atoms with E-state index in [1.54, 1.807) is 17.4 Å². The van der Waals surface area contributed by atoms with Crippen molar-refractivity contribution in [1.29, 1.82) is 0 Å². The molecule has 2 unspecified atom stereocenters. The van der Waals surface area contributed by atoms with Gasteiger partial charge in [0.15, 0.2) is 0 Å². The predicted molar refractivity (Wildman–Crippen MR) is 122 cm³/mol. The number of thiophene rings is 1. The average Bonchev–Trinajstić information content (AvgIpc) is 3.35. The number of hydrogen-bond donors (Lipinski definition) is 3. The van der Waals surface area contributed by atoms with Gasteiger partial charge in [0.05, 0.1) is 10.9 Å². The molecule has 4 rings (SSSR count). The molecule has 2 saturated heterocycles. The van der Waals surface area contributed by atoms with Gasteiger partial charge < -0.3 is 0 Å². The fourth-order valence-corrected chi connectivity index (χ4v) is 7.14. The minimum Gasteiger partial charge on any atom is -0.299 e. The van der Waals surface area contributed by atoms with Crippen LogP contribution in [0, 0.1) is 18.7 Å². The number of benzene rings is 1. The van der Waals surface area contributed by atoms with Crippen molar-refractivity contribution in [1.82, 2.24) is 20.5 Å². The summed E-state index contributed by atoms with van der Waals surface area (Å²) in [5, 5.41) is 0. The maximum atomic E-state index is 13.9. The molecule has 6 nitrogen and oxygen atoms in total. The molecule has 3 N–H and O–H groups in total. The van der Waals surface area contributed by atoms with E-state index in [0.717, 1.165) is 42.1 Å². The largest absolute Gasteiger partial charge is 0.299 e. The summed E-state index contributed by atoms with van der Waals surface area (Å²) in [5.74, 6) is 0.132. The van der Waals surface area contributed by atoms with E-state index < -0.39 is 10.0 Å². The Hall–Kier alpha value is -1.36. The average molecular weight is 467 g/mol. The number of likely N-dealkylation sites (tertiary alicyclic amines) is 1. The molecule has 3 heterocycles. The standard InChI is InChI=1S/C22H31FN4O2S2/c1-15-11-20(26-25-15)21-12-22(16(2)30-21)31(28,29)24-13-17-7-9-27(10-8-17)14-18-5-3-4-6-19(18)23/h3-6,12,15,17,20,24-26H,7-11,13-14H2,1-2H3. The van der Waals surface area contributed by atoms with Crippen LogP contribution < -0.4 is 15.6 Å². The number of sulfonamides is 1. The minimum absolute atomic E-state index is 0.154. The lowest BCUT2D eigenvalue weighted by atomic mass is 9.97. The fourth-order valence-electron chi connectivity index (χ4n) is 4.35. The summed E-state index contributed by atoms with van der Waals surface area (Å²) < 4.78 is 42.6. The van der Waals surface area contributed by atoms with E-state index in [-0.39, 0.29) is 11.9 Å². The highest BCUT2D eigenvalue weighted by molar-refractivity contribution is 7.89. The van der Waals surface area contributed by atoms with Crippen molar-refractivity contribution >= 4 is 21.4 Å². The van der Waals surface area contributed by atoms with Crippen molar-refractivity contribution in [2.75, 3.05) is 19.6 Å². The first kappa shape index (κ1) is 22.8. The Morgan fingerprint density at radius 2 is 1.97 bits per heavy atom. The van der Waals surface area contributed by atoms with E-state index in [1.807, 2.05) is 25.1 Å². The van der Waals surface area contributed by atoms with Gasteiger partial charge in [-0.05, 0) is 64.3 Å². The van der Waals surface area contributed by atoms with Crippen LogP contribution in [0.4, 0.5) is 4.39 Å². The Morgan fingerprint density at radius 3 is 2.65 bits per heavy atom. The SMILES string of the molecule is Cc1sc(C2CC(C)NN2)cc1S(=O)(=O)NCC1CCN(Cc2ccccc2F)CC1. The van der Waals surface area contributed by atoms with E-state index in [2.05, 4.69) is 27.4 Å². The van der Waals surface area contributed by atoms with Crippen LogP contribution in [0.25, 0.3) is 0 Å². The number of rotatable bonds is 7. The second-order valence-corrected chi connectivity index (χ2v) is 11.7. The number of piperidine rings is 1. The van der Waals surface area contributed by atoms with Crippen LogP contribution in [0.15, 0.2) is 35.2 Å². The lowest BCUT2D eigenvalue weighted by molar-refractivity contribution is 0.177. The van der Waals surface area contributed by atoms with E-state index in [1.165, 1.54) is 6.07 Å². The van der Waals surface area contributed by atoms with E-state index >= 15 is 0 Å². The van der Waals surface area contributed by atoms with Crippen molar-refractivity contribution in [3.8, 4) is 0 Å². The Labute approximate surface area is 188 Å². The third-order valence-electron chi connectivity index (χ3n) is 6.24. The zero-order valence-electron chi connectivity index (χ0n) is 18.0. The summed E-state index contributed by atoms with van der Waals surface area (Å²) in [6, 6.07) is 9.22. The maximum Gasteiger partial charge on any atom is 0.241 e. The Kier molecular flexibility index (Phi) is 7.10. The van der Waals surface area contributed by atoms with Gasteiger partial charge in [-0.2, -0.15) is 0 Å². The van der Waals surface area contributed by atoms with Gasteiger partial charge in [0.25, 0.3) is 0 Å². The van der Waals surface area contributed by atoms with Crippen LogP contribution in [0.2, 0.25) is 0 Å². The molecular formula is C22H31FN4O2S2. The van der Waals surface area contributed by atoms with Gasteiger partial charge in [-0.15, -0.1) is 11.3 Å². The molecule has 2 aliphatic rings. The first-order chi connectivity index (χ1) is 14.8. The third kappa shape index (κ3) is 5.53. The third-order valence-corrected chi connectivity index (χ3v) is 9.08. The molecule has 0 radical (unpaired) electrons. The molecule has 2 atom stereocenters. The van der Waals surface area contributed by atoms with Crippen molar-refractivity contribution in [2.24, 2.45) is 5.92 Å². The molecule has 170 valence electrons. The first-order valence-electron chi connectivity index (χ1n) is 10.9. The van der Waals surface area contributed by atoms with Crippen LogP contribution in [-0.2, 0) is 16.6 Å². The molecule has 0 spiro atoms. The lowest BCUT2D eigenvalue weighted by Crippen LogP contribution is -2.38. The minimum atomic E-state index is -3.53. The van der Waals surface area contributed by atoms with Gasteiger partial charge in [0.1, 0.15) is 5.82 Å². The van der Waals surface area contributed by atoms with Crippen LogP contribution in [0.5, 0.6) is 0 Å². The van der Waals surface area contributed by atoms with Crippen LogP contribution in [-0.4, -0.2) is 39.0 Å². The van der Waals surface area contributed by atoms with Crippen molar-refractivity contribution in [2.45, 2.75) is 56.6 Å². The molecule has 2 fully saturated rings. The summed E-state index contributed by atoms with van der Waals surface area (Å²) in [6.45, 7) is 6.72. The quantitative estimate of drug-likeness (QED) is 0.584. The van der Waals surface area contributed by atoms with Crippen molar-refractivity contribution < 1.29 is 12.8 Å². The molecule has 2 aromatic rings. The molecule has 0 aliphatic carbocycles. The van der Waals surface area contributed by atoms with Crippen LogP contribution in [0.1, 0.15) is 47.5 Å². The van der Waals surface area contributed by atoms with Crippen molar-refractivity contribution in [3.63, 3.8) is 0 Å². The molecule has 1 aromatic heterocycles. The summed E-state index contributed by atoms with van der Waals surface area (Å²) in [4.78, 5) is 4.51. The maximum absolute atomic E-state index is 13.9. The topological polar surface area (TPSA) is 73.5 Å². The highest BCUT2D eigenvalue weighted by Gasteiger charge is 2.28. The van der Waals surface area contributed by atoms with Gasteiger partial charge in [-0.1, -0.05) is 18.2 Å². The van der Waals surface area contributed by atoms with Gasteiger partial charge in [0, 0.05) is 34.4 Å². The highest BCUT2D eigenvalue weighted by atomic mass is 32.2. The Balaban J connectivity index is 1.29. The Bertz CT molecular complexity index is 1000. The van der Waals surface area contributed by atoms with Gasteiger partial charge in [0.2, 0.25) is 10.0 Å². The normalized spacial score (nSPS) is 23.5. The van der Waals surface area contributed by atoms with Crippen molar-refractivity contribution in [3.05, 3.63) is 51.5 Å². The lowest BCUT2D eigenvalue weighted by Gasteiger charge is -2.32. The van der Waals surface area contributed by atoms with E-state index in [0.29, 0.717) is 35.5 Å². The molecule has 0 bridgehead atoms. The summed E-state index contributed by atoms with van der Waals surface area (Å²) in [7, 11) is -3.53. The van der Waals surface area contributed by atoms with Gasteiger partial charge in [-0.25, -0.2) is 23.0 Å². The number of hydrogen-bond acceptors (Lipinski definition) is 6. The molecule has 2 aliphatic heterocycles. The predicted octanol–water partition coefficient (Wildman–Crippen LogP) is 3.31. The van der Waals surface area contributed by atoms with Crippen LogP contribution in [0.3, 0.4) is 0 Å². The second-order valence-electron chi connectivity index (χ2n) is 8.71. The molecule has 1 aromatic carbocycles. The number of halogens is 1. The summed E-state index contributed by atoms with van der Waals surface area (Å²) in [6.07, 6.45) is 2.75. The number of nitrogens with one attached hydrogen (secondary N) is 3. The summed E-state index contributed by atoms with van der Waals surface area (Å²) >= 11 is 1.55. The van der Waals surface area contributed by atoms with E-state index in [9.17, 15) is 12.8 Å². The Morgan fingerprint density at radius 1 is 1.23 bits per heavy atom. The monoisotopic (exact) mass is 466 g/mol. The molecule has 31 heavy (non-hydrogen) atoms. The second kappa shape index (κ2) is 9.64. The van der Waals surface area contributed by atoms with E-state index in [4.69, 9.17) is 0 Å². The fraction of sp³-hybridized carbons (Fsp3) is 0.545. The molecular weight excluding hydrogens is 435 g/mol. The zero-order chi connectivity index (χ0) is 22.0. The smallest absolute Gasteiger partial charge is 0.241 e. The molecule has 0 saturated carbocycles. The summed E-state index contributed by atoms with van der Waals surface area (Å²) in [5.41, 5.74) is 7.15.